The molecule has 7 aliphatic heterocycles. The third kappa shape index (κ3) is 6.20. The van der Waals surface area contributed by atoms with Crippen LogP contribution in [0.15, 0.2) is 83.2 Å². The van der Waals surface area contributed by atoms with Gasteiger partial charge in [-0.15, -0.1) is 0 Å². The molecule has 18 aliphatic rings. The van der Waals surface area contributed by atoms with Crippen LogP contribution in [-0.2, 0) is 51.8 Å². The number of nitrogens with zero attached hydrogens (tertiary/aromatic N) is 1. The maximum absolute atomic E-state index is 18.0. The van der Waals surface area contributed by atoms with E-state index >= 15 is 19.5 Å². The van der Waals surface area contributed by atoms with Crippen LogP contribution < -0.4 is 5.32 Å². The van der Waals surface area contributed by atoms with E-state index in [-0.39, 0.29) is 71.6 Å². The molecule has 13 nitrogen and oxygen atoms in total. The lowest BCUT2D eigenvalue weighted by Gasteiger charge is -2.74. The molecular weight excluding hydrogens is 1130 g/mol. The minimum Gasteiger partial charge on any atom is -0.469 e. The van der Waals surface area contributed by atoms with Crippen molar-refractivity contribution in [2.75, 3.05) is 26.4 Å². The topological polar surface area (TPSA) is 181 Å². The van der Waals surface area contributed by atoms with Crippen molar-refractivity contribution in [1.82, 2.24) is 10.2 Å². The summed E-state index contributed by atoms with van der Waals surface area (Å²) in [7, 11) is 0. The molecule has 9 saturated carbocycles. The molecule has 20 rings (SSSR count). The first-order valence-corrected chi connectivity index (χ1v) is 36.1. The van der Waals surface area contributed by atoms with E-state index in [1.54, 1.807) is 6.26 Å². The van der Waals surface area contributed by atoms with E-state index in [9.17, 15) is 10.2 Å². The molecule has 0 radical (unpaired) electrons. The fraction of sp³-hybridized carbons (Fsp3) is 0.727. The van der Waals surface area contributed by atoms with Crippen molar-refractivity contribution < 1.29 is 53.1 Å². The number of ether oxygens (including phenoxy) is 4. The molecule has 14 fully saturated rings. The first-order valence-electron chi connectivity index (χ1n) is 36.1. The molecule has 1 aromatic heterocycles. The summed E-state index contributed by atoms with van der Waals surface area (Å²) in [5.41, 5.74) is -6.43. The number of aliphatic hydroxyl groups is 3. The van der Waals surface area contributed by atoms with Crippen molar-refractivity contribution in [3.05, 3.63) is 95.6 Å². The van der Waals surface area contributed by atoms with E-state index in [1.807, 2.05) is 6.07 Å². The summed E-state index contributed by atoms with van der Waals surface area (Å²) in [6.45, 7) is 6.28. The number of furan rings is 1. The zero-order valence-corrected chi connectivity index (χ0v) is 52.7. The van der Waals surface area contributed by atoms with Crippen molar-refractivity contribution in [3.8, 4) is 11.8 Å². The van der Waals surface area contributed by atoms with Crippen LogP contribution in [0.25, 0.3) is 0 Å². The molecular formula is C77H92N2O11. The minimum absolute atomic E-state index is 0.0241. The van der Waals surface area contributed by atoms with Gasteiger partial charge in [-0.3, -0.25) is 14.9 Å². The Bertz CT molecular complexity index is 3590. The van der Waals surface area contributed by atoms with Crippen LogP contribution in [0.3, 0.4) is 0 Å². The van der Waals surface area contributed by atoms with Gasteiger partial charge in [0.2, 0.25) is 0 Å². The van der Waals surface area contributed by atoms with Gasteiger partial charge in [-0.05, 0) is 203 Å². The highest BCUT2D eigenvalue weighted by atomic mass is 16.7. The predicted octanol–water partition coefficient (Wildman–Crippen LogP) is 9.95. The number of fused-ring (bicyclic) bond motifs is 6. The van der Waals surface area contributed by atoms with Gasteiger partial charge in [0.05, 0.1) is 54.9 Å². The maximum atomic E-state index is 18.0. The number of carbonyl (C=O) groups excluding carboxylic acids is 3. The molecule has 0 amide bonds. The van der Waals surface area contributed by atoms with Gasteiger partial charge in [-0.2, -0.15) is 0 Å². The van der Waals surface area contributed by atoms with Crippen LogP contribution >= 0.6 is 0 Å². The molecule has 29 atom stereocenters. The van der Waals surface area contributed by atoms with Crippen LogP contribution in [-0.4, -0.2) is 106 Å². The lowest BCUT2D eigenvalue weighted by Crippen LogP contribution is -2.84. The summed E-state index contributed by atoms with van der Waals surface area (Å²) < 4.78 is 38.0. The number of nitrogens with one attached hydrogen (secondary N) is 1. The first-order chi connectivity index (χ1) is 43.7. The zero-order valence-electron chi connectivity index (χ0n) is 52.7. The first kappa shape index (κ1) is 55.9. The summed E-state index contributed by atoms with van der Waals surface area (Å²) >= 11 is 0. The molecule has 9 bridgehead atoms. The molecule has 476 valence electrons. The quantitative estimate of drug-likeness (QED) is 0.0850. The highest BCUT2D eigenvalue weighted by molar-refractivity contribution is 5.94. The average Bonchev–Trinajstić information content (AvgIpc) is 1.40. The molecule has 4 N–H and O–H groups in total. The van der Waals surface area contributed by atoms with Crippen molar-refractivity contribution in [2.24, 2.45) is 122 Å². The average molecular weight is 1220 g/mol. The van der Waals surface area contributed by atoms with Gasteiger partial charge in [0, 0.05) is 52.7 Å². The summed E-state index contributed by atoms with van der Waals surface area (Å²) in [6.07, 6.45) is 28.1. The van der Waals surface area contributed by atoms with Gasteiger partial charge in [0.15, 0.2) is 17.5 Å². The number of cyclic esters (lactones) is 1. The number of carbonyl (C=O) groups is 3. The normalized spacial score (nSPS) is 54.0. The fourth-order valence-electron chi connectivity index (χ4n) is 29.4. The number of aliphatic hydroxyl groups excluding tert-OH is 3. The molecule has 2 aromatic rings. The Morgan fingerprint density at radius 3 is 2.69 bits per heavy atom. The Labute approximate surface area is 529 Å². The van der Waals surface area contributed by atoms with Gasteiger partial charge >= 0.3 is 11.9 Å². The van der Waals surface area contributed by atoms with Crippen LogP contribution in [0.5, 0.6) is 0 Å². The third-order valence-electron chi connectivity index (χ3n) is 32.0. The lowest BCUT2D eigenvalue weighted by molar-refractivity contribution is -0.315. The van der Waals surface area contributed by atoms with Gasteiger partial charge < -0.3 is 43.6 Å². The highest BCUT2D eigenvalue weighted by Crippen LogP contribution is 2.92. The number of epoxide rings is 1. The van der Waals surface area contributed by atoms with Gasteiger partial charge in [-0.1, -0.05) is 99.6 Å². The highest BCUT2D eigenvalue weighted by Gasteiger charge is 3.00. The number of rotatable bonds is 8. The number of allylic oxidation sites excluding steroid dienone is 2. The van der Waals surface area contributed by atoms with E-state index in [2.05, 4.69) is 96.7 Å². The standard InChI is InChI=1S/C77H92N2O11/c1-42-52-15-6-12-45(52)20-27-70(42)24-9-25-73-60(70)34-51-33-50-14-8-23-71(50)37-49-36-69(2)74(55-22-29-86-59(55)35-54(58(81)39-80)47-18-19-53-48(32-47)21-28-79-41-78-38-57(53)79)26-7-13-46-17-16-44(30-43-10-4-3-5-11-43)31-56(46)75(77(69)66(88-77)68(85)89-74)62(49)72(63(73)61(82)65(75)83)40-87-67(84)64(71)76(51,72)90-73/h3-5,9-11,21-22,24,28-29,34,42,44-50,52-54,56-58,60,62-66,78,80-81,83H,6,8,12,14-20,23,25-27,30-33,35-41H2,1-2H3. The molecule has 1 aromatic carbocycles. The van der Waals surface area contributed by atoms with Crippen LogP contribution in [0.1, 0.15) is 153 Å². The molecule has 11 aliphatic carbocycles. The number of hydrogen-bond acceptors (Lipinski definition) is 13. The summed E-state index contributed by atoms with van der Waals surface area (Å²) in [4.78, 5) is 52.7. The second-order valence-corrected chi connectivity index (χ2v) is 34.0. The lowest BCUT2D eigenvalue weighted by atomic mass is 9.28. The number of benzene rings is 1. The Balaban J connectivity index is 0.808. The fourth-order valence-corrected chi connectivity index (χ4v) is 29.4. The Morgan fingerprint density at radius 1 is 0.922 bits per heavy atom. The smallest absolute Gasteiger partial charge is 0.339 e. The van der Waals surface area contributed by atoms with Crippen molar-refractivity contribution >= 4 is 17.7 Å². The van der Waals surface area contributed by atoms with E-state index in [0.717, 1.165) is 90.3 Å². The van der Waals surface area contributed by atoms with Gasteiger partial charge in [0.25, 0.3) is 0 Å². The predicted molar refractivity (Wildman–Crippen MR) is 329 cm³/mol. The van der Waals surface area contributed by atoms with E-state index in [1.165, 1.54) is 30.4 Å². The summed E-state index contributed by atoms with van der Waals surface area (Å²) in [6, 6.07) is 13.2. The van der Waals surface area contributed by atoms with E-state index in [0.29, 0.717) is 79.1 Å². The van der Waals surface area contributed by atoms with Crippen molar-refractivity contribution in [2.45, 2.75) is 195 Å². The molecule has 5 saturated heterocycles. The molecule has 90 heavy (non-hydrogen) atoms. The maximum Gasteiger partial charge on any atom is 0.339 e. The summed E-state index contributed by atoms with van der Waals surface area (Å²) in [5.74, 6) is 7.23. The number of esters is 2. The van der Waals surface area contributed by atoms with Crippen molar-refractivity contribution in [1.29, 1.82) is 0 Å². The molecule has 13 heteroatoms. The molecule has 7 spiro atoms. The SMILES string of the molecule is CC1C2CCCC2CCC12C=CCC13OC45C(=CC21)CC1CCCC12CC1CC6(C)C7(c8ccoc8CC(C(O)CO)C8CCC9C(C=CN%10CNCC9%10)C8)CC#CC8CCC(Cc9ccccc9)CC8C8(C(O)C(=O)C3C4(COC(=O)C25)C18)C61OC1C(=O)O7. The van der Waals surface area contributed by atoms with E-state index < -0.39 is 98.6 Å². The number of Topliss-reactive ketones (excluding diaryl/α,β-unsaturated/α-hetero) is 1. The minimum atomic E-state index is -1.57. The largest absolute Gasteiger partial charge is 0.469 e. The number of hydrogen-bond donors (Lipinski definition) is 4. The van der Waals surface area contributed by atoms with Crippen molar-refractivity contribution in [3.63, 3.8) is 0 Å². The second-order valence-electron chi connectivity index (χ2n) is 34.0. The Hall–Kier alpha value is -4.55. The monoisotopic (exact) mass is 1220 g/mol. The van der Waals surface area contributed by atoms with Crippen LogP contribution in [0, 0.1) is 134 Å². The summed E-state index contributed by atoms with van der Waals surface area (Å²) in [5, 5.41) is 42.0. The molecule has 8 heterocycles. The molecule has 29 unspecified atom stereocenters. The van der Waals surface area contributed by atoms with Gasteiger partial charge in [-0.25, -0.2) is 4.79 Å². The third-order valence-corrected chi connectivity index (χ3v) is 32.0. The van der Waals surface area contributed by atoms with E-state index in [4.69, 9.17) is 23.4 Å². The van der Waals surface area contributed by atoms with Gasteiger partial charge in [0.1, 0.15) is 29.7 Å². The van der Waals surface area contributed by atoms with Crippen LogP contribution in [0.4, 0.5) is 0 Å². The van der Waals surface area contributed by atoms with Crippen LogP contribution in [0.2, 0.25) is 0 Å². The number of ketones is 1. The zero-order chi connectivity index (χ0) is 60.5. The Morgan fingerprint density at radius 2 is 1.81 bits per heavy atom. The second kappa shape index (κ2) is 18.5. The Kier molecular flexibility index (Phi) is 11.5.